The van der Waals surface area contributed by atoms with E-state index in [4.69, 9.17) is 14.6 Å². The van der Waals surface area contributed by atoms with Crippen LogP contribution in [0, 0.1) is 20.8 Å². The van der Waals surface area contributed by atoms with Gasteiger partial charge in [0.25, 0.3) is 0 Å². The van der Waals surface area contributed by atoms with Crippen molar-refractivity contribution in [2.75, 3.05) is 38.8 Å². The lowest BCUT2D eigenvalue weighted by atomic mass is 9.87. The number of hydrogen-bond donors (Lipinski definition) is 0. The smallest absolute Gasteiger partial charge is 0.339 e. The number of benzene rings is 2. The molecule has 0 radical (unpaired) electrons. The minimum atomic E-state index is -0.916. The van der Waals surface area contributed by atoms with Gasteiger partial charge in [0, 0.05) is 57.8 Å². The molecule has 0 bridgehead atoms. The molecular formula is C36H44N5O3+. The first-order valence-electron chi connectivity index (χ1n) is 15.5. The standard InChI is InChI=1S/C36H44N5O3/c1-23-9-11-27(12-10-23)31-29-21-24(2)39-19-20-40(41-18-15-28(22-37-41)26-13-16-38(7)17-14-26)32(33(29)39)25(3)30(31)34(35(42)43-8)44-36(4,5)6/h9-13,15,18,21-22,34H,14,16-17,19-20H2,1-8H3/q+1/t34-/m0/s1. The summed E-state index contributed by atoms with van der Waals surface area (Å²) < 4.78 is 14.3. The molecule has 0 saturated heterocycles. The van der Waals surface area contributed by atoms with Crippen LogP contribution in [0.4, 0.5) is 5.69 Å². The monoisotopic (exact) mass is 594 g/mol. The fourth-order valence-electron chi connectivity index (χ4n) is 6.64. The number of likely N-dealkylation sites (N-methyl/N-ethyl adjacent to an activating group) is 1. The first-order chi connectivity index (χ1) is 21.0. The van der Waals surface area contributed by atoms with Crippen molar-refractivity contribution in [3.63, 3.8) is 0 Å². The van der Waals surface area contributed by atoms with E-state index in [0.29, 0.717) is 0 Å². The molecule has 8 nitrogen and oxygen atoms in total. The van der Waals surface area contributed by atoms with E-state index in [1.54, 1.807) is 0 Å². The van der Waals surface area contributed by atoms with Gasteiger partial charge in [0.05, 0.1) is 24.8 Å². The van der Waals surface area contributed by atoms with E-state index in [9.17, 15) is 4.79 Å². The van der Waals surface area contributed by atoms with Crippen LogP contribution in [0.2, 0.25) is 0 Å². The molecule has 4 aromatic rings. The van der Waals surface area contributed by atoms with Gasteiger partial charge in [0.15, 0.2) is 6.10 Å². The third-order valence-electron chi connectivity index (χ3n) is 8.84. The van der Waals surface area contributed by atoms with E-state index in [2.05, 4.69) is 91.0 Å². The Hall–Kier alpha value is -4.01. The lowest BCUT2D eigenvalue weighted by Crippen LogP contribution is -2.59. The summed E-state index contributed by atoms with van der Waals surface area (Å²) in [5.74, 6) is -0.414. The molecule has 2 aliphatic rings. The first-order valence-corrected chi connectivity index (χ1v) is 15.5. The van der Waals surface area contributed by atoms with E-state index >= 15 is 0 Å². The molecule has 0 fully saturated rings. The molecule has 2 aromatic heterocycles. The molecule has 4 heterocycles. The third kappa shape index (κ3) is 5.41. The summed E-state index contributed by atoms with van der Waals surface area (Å²) in [7, 11) is 3.58. The third-order valence-corrected chi connectivity index (χ3v) is 8.84. The second-order valence-corrected chi connectivity index (χ2v) is 13.2. The average molecular weight is 595 g/mol. The topological polar surface area (TPSA) is 63.7 Å². The highest BCUT2D eigenvalue weighted by Gasteiger charge is 2.38. The Bertz CT molecular complexity index is 1750. The highest BCUT2D eigenvalue weighted by Crippen LogP contribution is 2.47. The second kappa shape index (κ2) is 11.5. The highest BCUT2D eigenvalue weighted by atomic mass is 16.6. The van der Waals surface area contributed by atoms with Crippen molar-refractivity contribution in [3.05, 3.63) is 82.8 Å². The molecule has 0 saturated carbocycles. The maximum atomic E-state index is 13.6. The summed E-state index contributed by atoms with van der Waals surface area (Å²) in [6, 6.07) is 12.9. The molecule has 2 aromatic carbocycles. The Morgan fingerprint density at radius 3 is 2.39 bits per heavy atom. The number of rotatable bonds is 6. The Labute approximate surface area is 260 Å². The van der Waals surface area contributed by atoms with Gasteiger partial charge in [0.2, 0.25) is 6.20 Å². The summed E-state index contributed by atoms with van der Waals surface area (Å²) in [5.41, 5.74) is 10.3. The molecule has 2 aliphatic heterocycles. The van der Waals surface area contributed by atoms with Crippen molar-refractivity contribution in [2.45, 2.75) is 66.2 Å². The van der Waals surface area contributed by atoms with Crippen LogP contribution in [0.1, 0.15) is 61.2 Å². The van der Waals surface area contributed by atoms with Crippen LogP contribution >= 0.6 is 0 Å². The highest BCUT2D eigenvalue weighted by molar-refractivity contribution is 6.07. The van der Waals surface area contributed by atoms with Gasteiger partial charge in [-0.15, -0.1) is 5.01 Å². The molecule has 0 spiro atoms. The lowest BCUT2D eigenvalue weighted by Gasteiger charge is -2.32. The molecule has 0 amide bonds. The Balaban J connectivity index is 1.59. The number of esters is 1. The molecule has 6 rings (SSSR count). The molecule has 230 valence electrons. The maximum Gasteiger partial charge on any atom is 0.339 e. The molecule has 0 N–H and O–H groups in total. The molecule has 44 heavy (non-hydrogen) atoms. The number of hydrogen-bond acceptors (Lipinski definition) is 6. The van der Waals surface area contributed by atoms with E-state index < -0.39 is 17.7 Å². The van der Waals surface area contributed by atoms with Crippen LogP contribution < -0.4 is 9.80 Å². The summed E-state index contributed by atoms with van der Waals surface area (Å²) in [4.78, 5) is 17.8. The largest absolute Gasteiger partial charge is 0.467 e. The molecular weight excluding hydrogens is 550 g/mol. The van der Waals surface area contributed by atoms with Crippen LogP contribution in [-0.4, -0.2) is 59.9 Å². The van der Waals surface area contributed by atoms with Crippen molar-refractivity contribution in [1.29, 1.82) is 0 Å². The molecule has 1 atom stereocenters. The number of aromatic nitrogens is 3. The summed E-state index contributed by atoms with van der Waals surface area (Å²) in [6.45, 7) is 15.8. The van der Waals surface area contributed by atoms with E-state index in [1.165, 1.54) is 23.9 Å². The van der Waals surface area contributed by atoms with Crippen molar-refractivity contribution in [1.82, 2.24) is 14.6 Å². The maximum absolute atomic E-state index is 13.6. The van der Waals surface area contributed by atoms with Gasteiger partial charge in [-0.2, -0.15) is 0 Å². The van der Waals surface area contributed by atoms with Crippen LogP contribution in [0.25, 0.3) is 27.6 Å². The summed E-state index contributed by atoms with van der Waals surface area (Å²) >= 11 is 0. The Kier molecular flexibility index (Phi) is 7.84. The van der Waals surface area contributed by atoms with Crippen molar-refractivity contribution in [3.8, 4) is 11.1 Å². The Morgan fingerprint density at radius 2 is 1.77 bits per heavy atom. The van der Waals surface area contributed by atoms with Gasteiger partial charge in [-0.05, 0) is 83.3 Å². The predicted molar refractivity (Wildman–Crippen MR) is 174 cm³/mol. The fourth-order valence-corrected chi connectivity index (χ4v) is 6.64. The zero-order valence-electron chi connectivity index (χ0n) is 27.3. The number of anilines is 1. The van der Waals surface area contributed by atoms with Gasteiger partial charge < -0.3 is 18.9 Å². The minimum Gasteiger partial charge on any atom is -0.467 e. The summed E-state index contributed by atoms with van der Waals surface area (Å²) in [5, 5.41) is 8.26. The zero-order valence-corrected chi connectivity index (χ0v) is 27.3. The zero-order chi connectivity index (χ0) is 31.3. The number of carbonyl (C=O) groups is 1. The van der Waals surface area contributed by atoms with Crippen LogP contribution in [-0.2, 0) is 20.8 Å². The van der Waals surface area contributed by atoms with Crippen LogP contribution in [0.3, 0.4) is 0 Å². The first kappa shape index (κ1) is 30.0. The second-order valence-electron chi connectivity index (χ2n) is 13.2. The number of methoxy groups -OCH3 is 1. The van der Waals surface area contributed by atoms with Crippen molar-refractivity contribution >= 4 is 28.1 Å². The molecule has 8 heteroatoms. The SMILES string of the molecule is COC(=O)[C@@H](OC(C)(C)C)c1c(C)c2c3c(cc(C)n3CCN2[n+]2ccc(C3=CCN(C)CC3)cn2)c1-c1ccc(C)cc1. The summed E-state index contributed by atoms with van der Waals surface area (Å²) in [6.07, 6.45) is 6.44. The number of carbonyl (C=O) groups excluding carboxylic acids is 1. The minimum absolute atomic E-state index is 0.414. The van der Waals surface area contributed by atoms with Crippen LogP contribution in [0.5, 0.6) is 0 Å². The van der Waals surface area contributed by atoms with Gasteiger partial charge in [-0.3, -0.25) is 0 Å². The van der Waals surface area contributed by atoms with Gasteiger partial charge in [0.1, 0.15) is 11.9 Å². The van der Waals surface area contributed by atoms with Crippen LogP contribution in [0.15, 0.2) is 54.9 Å². The quantitative estimate of drug-likeness (QED) is 0.203. The Morgan fingerprint density at radius 1 is 1.02 bits per heavy atom. The van der Waals surface area contributed by atoms with Gasteiger partial charge >= 0.3 is 5.97 Å². The van der Waals surface area contributed by atoms with Crippen molar-refractivity contribution in [2.24, 2.45) is 0 Å². The fraction of sp³-hybridized carbons (Fsp3) is 0.417. The van der Waals surface area contributed by atoms with E-state index in [1.807, 2.05) is 31.8 Å². The number of aryl methyl sites for hydroxylation is 2. The number of nitrogens with zero attached hydrogens (tertiary/aromatic N) is 5. The van der Waals surface area contributed by atoms with Gasteiger partial charge in [-0.1, -0.05) is 35.9 Å². The average Bonchev–Trinajstić information content (AvgIpc) is 3.34. The van der Waals surface area contributed by atoms with Crippen molar-refractivity contribution < 1.29 is 19.1 Å². The normalized spacial score (nSPS) is 16.3. The number of ether oxygens (including phenoxy) is 2. The molecule has 0 aliphatic carbocycles. The predicted octanol–water partition coefficient (Wildman–Crippen LogP) is 5.95. The van der Waals surface area contributed by atoms with E-state index in [-0.39, 0.29) is 0 Å². The lowest BCUT2D eigenvalue weighted by molar-refractivity contribution is -0.742. The van der Waals surface area contributed by atoms with Gasteiger partial charge in [-0.25, -0.2) is 4.79 Å². The molecule has 0 unspecified atom stereocenters. The van der Waals surface area contributed by atoms with E-state index in [0.717, 1.165) is 77.0 Å².